The molecule has 2 aromatic rings. The van der Waals surface area contributed by atoms with E-state index in [-0.39, 0.29) is 11.7 Å². The van der Waals surface area contributed by atoms with Gasteiger partial charge in [0.1, 0.15) is 9.84 Å². The van der Waals surface area contributed by atoms with Crippen molar-refractivity contribution >= 4 is 21.6 Å². The first-order chi connectivity index (χ1) is 10.4. The van der Waals surface area contributed by atoms with Crippen molar-refractivity contribution in [3.05, 3.63) is 29.8 Å². The van der Waals surface area contributed by atoms with E-state index in [1.165, 1.54) is 23.6 Å². The van der Waals surface area contributed by atoms with Crippen LogP contribution < -0.4 is 0 Å². The molecule has 1 aromatic heterocycles. The summed E-state index contributed by atoms with van der Waals surface area (Å²) in [4.78, 5) is 4.45. The average Bonchev–Trinajstić information content (AvgIpc) is 2.92. The molecular weight excluding hydrogens is 318 g/mol. The fraction of sp³-hybridized carbons (Fsp3) is 0.467. The lowest BCUT2D eigenvalue weighted by Gasteiger charge is -2.07. The number of rotatable bonds is 7. The van der Waals surface area contributed by atoms with Crippen molar-refractivity contribution in [3.63, 3.8) is 0 Å². The van der Waals surface area contributed by atoms with Crippen molar-refractivity contribution in [2.75, 3.05) is 17.8 Å². The average molecular weight is 339 g/mol. The molecule has 120 valence electrons. The van der Waals surface area contributed by atoms with Crippen LogP contribution in [0.25, 0.3) is 11.4 Å². The minimum absolute atomic E-state index is 0.0748. The van der Waals surface area contributed by atoms with Crippen LogP contribution in [-0.2, 0) is 16.3 Å². The summed E-state index contributed by atoms with van der Waals surface area (Å²) in [5, 5.41) is 7.76. The second-order valence-electron chi connectivity index (χ2n) is 5.53. The van der Waals surface area contributed by atoms with Gasteiger partial charge in [0.05, 0.1) is 5.75 Å². The molecule has 1 atom stereocenters. The Morgan fingerprint density at radius 1 is 1.27 bits per heavy atom. The van der Waals surface area contributed by atoms with E-state index < -0.39 is 9.84 Å². The van der Waals surface area contributed by atoms with Crippen molar-refractivity contribution in [2.45, 2.75) is 25.4 Å². The van der Waals surface area contributed by atoms with E-state index in [1.54, 1.807) is 0 Å². The molecule has 1 unspecified atom stereocenters. The van der Waals surface area contributed by atoms with Crippen molar-refractivity contribution in [1.82, 2.24) is 15.2 Å². The van der Waals surface area contributed by atoms with Gasteiger partial charge in [-0.05, 0) is 17.9 Å². The number of nitrogens with zero attached hydrogens (tertiary/aromatic N) is 2. The van der Waals surface area contributed by atoms with Crippen molar-refractivity contribution in [2.24, 2.45) is 5.92 Å². The fourth-order valence-corrected chi connectivity index (χ4v) is 4.24. The van der Waals surface area contributed by atoms with E-state index in [0.717, 1.165) is 17.8 Å². The number of H-pyrrole nitrogens is 1. The summed E-state index contributed by atoms with van der Waals surface area (Å²) in [5.74, 6) is 1.68. The summed E-state index contributed by atoms with van der Waals surface area (Å²) in [6.45, 7) is 4.04. The van der Waals surface area contributed by atoms with Crippen molar-refractivity contribution < 1.29 is 8.42 Å². The minimum Gasteiger partial charge on any atom is -0.258 e. The number of nitrogens with one attached hydrogen (secondary N) is 1. The predicted molar refractivity (Wildman–Crippen MR) is 90.8 cm³/mol. The van der Waals surface area contributed by atoms with Gasteiger partial charge in [0, 0.05) is 17.6 Å². The van der Waals surface area contributed by atoms with Gasteiger partial charge in [0.15, 0.2) is 5.82 Å². The lowest BCUT2D eigenvalue weighted by molar-refractivity contribution is 0.589. The fourth-order valence-electron chi connectivity index (χ4n) is 2.12. The summed E-state index contributed by atoms with van der Waals surface area (Å²) >= 11 is 1.47. The monoisotopic (exact) mass is 339 g/mol. The van der Waals surface area contributed by atoms with Gasteiger partial charge in [0.25, 0.3) is 0 Å². The third kappa shape index (κ3) is 5.14. The van der Waals surface area contributed by atoms with Gasteiger partial charge in [-0.15, -0.1) is 5.10 Å². The molecule has 1 aromatic carbocycles. The van der Waals surface area contributed by atoms with E-state index in [1.807, 2.05) is 19.1 Å². The van der Waals surface area contributed by atoms with Crippen molar-refractivity contribution in [1.29, 1.82) is 0 Å². The number of aromatic nitrogens is 3. The lowest BCUT2D eigenvalue weighted by atomic mass is 10.1. The van der Waals surface area contributed by atoms with Crippen LogP contribution in [0.4, 0.5) is 0 Å². The molecule has 0 spiro atoms. The topological polar surface area (TPSA) is 75.7 Å². The highest BCUT2D eigenvalue weighted by Crippen LogP contribution is 2.21. The Kier molecular flexibility index (Phi) is 5.63. The first kappa shape index (κ1) is 17.0. The van der Waals surface area contributed by atoms with Crippen LogP contribution in [0, 0.1) is 5.92 Å². The Balaban J connectivity index is 1.96. The summed E-state index contributed by atoms with van der Waals surface area (Å²) in [7, 11) is -2.93. The molecule has 1 N–H and O–H groups in total. The summed E-state index contributed by atoms with van der Waals surface area (Å²) < 4.78 is 22.5. The highest BCUT2D eigenvalue weighted by molar-refractivity contribution is 7.99. The number of sulfone groups is 1. The third-order valence-corrected chi connectivity index (χ3v) is 5.54. The second-order valence-corrected chi connectivity index (χ2v) is 8.70. The first-order valence-electron chi connectivity index (χ1n) is 7.19. The van der Waals surface area contributed by atoms with Gasteiger partial charge < -0.3 is 0 Å². The van der Waals surface area contributed by atoms with Gasteiger partial charge >= 0.3 is 0 Å². The molecule has 5 nitrogen and oxygen atoms in total. The number of aryl methyl sites for hydroxylation is 1. The molecule has 0 aliphatic carbocycles. The molecule has 22 heavy (non-hydrogen) atoms. The van der Waals surface area contributed by atoms with E-state index in [9.17, 15) is 8.42 Å². The Morgan fingerprint density at radius 2 is 1.95 bits per heavy atom. The third-order valence-electron chi connectivity index (χ3n) is 3.18. The molecule has 2 rings (SSSR count). The SMILES string of the molecule is CCc1ccc(-c2nc(SCC(C)CS(C)(=O)=O)n[nH]2)cc1. The van der Waals surface area contributed by atoms with Gasteiger partial charge in [0.2, 0.25) is 5.16 Å². The summed E-state index contributed by atoms with van der Waals surface area (Å²) in [6, 6.07) is 8.22. The van der Waals surface area contributed by atoms with E-state index in [4.69, 9.17) is 0 Å². The molecule has 0 amide bonds. The van der Waals surface area contributed by atoms with Crippen LogP contribution in [0.15, 0.2) is 29.4 Å². The standard InChI is InChI=1S/C15H21N3O2S2/c1-4-12-5-7-13(8-6-12)14-16-15(18-17-14)21-9-11(2)10-22(3,19)20/h5-8,11H,4,9-10H2,1-3H3,(H,16,17,18). The van der Waals surface area contributed by atoms with Gasteiger partial charge in [-0.2, -0.15) is 0 Å². The largest absolute Gasteiger partial charge is 0.258 e. The molecule has 0 radical (unpaired) electrons. The maximum Gasteiger partial charge on any atom is 0.208 e. The molecule has 0 aliphatic heterocycles. The first-order valence-corrected chi connectivity index (χ1v) is 10.2. The van der Waals surface area contributed by atoms with Crippen molar-refractivity contribution in [3.8, 4) is 11.4 Å². The number of thioether (sulfide) groups is 1. The Bertz CT molecular complexity index is 709. The van der Waals surface area contributed by atoms with Crippen LogP contribution in [0.2, 0.25) is 0 Å². The van der Waals surface area contributed by atoms with E-state index >= 15 is 0 Å². The zero-order chi connectivity index (χ0) is 16.2. The molecule has 0 saturated heterocycles. The quantitative estimate of drug-likeness (QED) is 0.785. The number of benzene rings is 1. The zero-order valence-corrected chi connectivity index (χ0v) is 14.7. The Hall–Kier alpha value is -1.34. The van der Waals surface area contributed by atoms with E-state index in [2.05, 4.69) is 34.2 Å². The van der Waals surface area contributed by atoms with Gasteiger partial charge in [-0.25, -0.2) is 13.4 Å². The number of hydrogen-bond acceptors (Lipinski definition) is 5. The molecule has 1 heterocycles. The summed E-state index contributed by atoms with van der Waals surface area (Å²) in [6.07, 6.45) is 2.27. The highest BCUT2D eigenvalue weighted by atomic mass is 32.2. The molecule has 0 bridgehead atoms. The molecule has 7 heteroatoms. The van der Waals surface area contributed by atoms with Crippen LogP contribution in [-0.4, -0.2) is 41.4 Å². The summed E-state index contributed by atoms with van der Waals surface area (Å²) in [5.41, 5.74) is 2.29. The molecular formula is C15H21N3O2S2. The van der Waals surface area contributed by atoms with Crippen LogP contribution >= 0.6 is 11.8 Å². The van der Waals surface area contributed by atoms with Gasteiger partial charge in [-0.1, -0.05) is 49.9 Å². The van der Waals surface area contributed by atoms with Gasteiger partial charge in [-0.3, -0.25) is 5.10 Å². The normalized spacial score (nSPS) is 13.2. The lowest BCUT2D eigenvalue weighted by Crippen LogP contribution is -2.13. The molecule has 0 fully saturated rings. The van der Waals surface area contributed by atoms with Crippen LogP contribution in [0.3, 0.4) is 0 Å². The number of aromatic amines is 1. The number of hydrogen-bond donors (Lipinski definition) is 1. The maximum absolute atomic E-state index is 11.2. The zero-order valence-electron chi connectivity index (χ0n) is 13.0. The smallest absolute Gasteiger partial charge is 0.208 e. The van der Waals surface area contributed by atoms with Crippen LogP contribution in [0.1, 0.15) is 19.4 Å². The second kappa shape index (κ2) is 7.28. The predicted octanol–water partition coefficient (Wildman–Crippen LogP) is 2.81. The molecule has 0 saturated carbocycles. The minimum atomic E-state index is -2.93. The Labute approximate surface area is 135 Å². The Morgan fingerprint density at radius 3 is 2.55 bits per heavy atom. The molecule has 0 aliphatic rings. The maximum atomic E-state index is 11.2. The van der Waals surface area contributed by atoms with E-state index in [0.29, 0.717) is 10.9 Å². The highest BCUT2D eigenvalue weighted by Gasteiger charge is 2.13. The van der Waals surface area contributed by atoms with Crippen LogP contribution in [0.5, 0.6) is 0 Å².